The minimum atomic E-state index is -0.362. The molecule has 0 bridgehead atoms. The summed E-state index contributed by atoms with van der Waals surface area (Å²) in [4.78, 5) is 8.54. The lowest BCUT2D eigenvalue weighted by Gasteiger charge is -2.09. The van der Waals surface area contributed by atoms with E-state index in [1.807, 2.05) is 0 Å². The molecule has 3 N–H and O–H groups in total. The van der Waals surface area contributed by atoms with Crippen LogP contribution in [0, 0.1) is 5.82 Å². The van der Waals surface area contributed by atoms with Crippen molar-refractivity contribution < 1.29 is 18.9 Å². The molecule has 0 aliphatic heterocycles. The molecule has 0 radical (unpaired) electrons. The topological polar surface area (TPSA) is 131 Å². The van der Waals surface area contributed by atoms with Crippen molar-refractivity contribution in [3.05, 3.63) is 53.8 Å². The Morgan fingerprint density at radius 1 is 1.07 bits per heavy atom. The fourth-order valence-corrected chi connectivity index (χ4v) is 2.44. The maximum Gasteiger partial charge on any atom is 0.245 e. The largest absolute Gasteiger partial charge is 0.504 e. The fourth-order valence-electron chi connectivity index (χ4n) is 2.44. The summed E-state index contributed by atoms with van der Waals surface area (Å²) in [6.07, 6.45) is 1.40. The predicted molar refractivity (Wildman–Crippen MR) is 103 cm³/mol. The summed E-state index contributed by atoms with van der Waals surface area (Å²) in [7, 11) is 1.46. The minimum absolute atomic E-state index is 0.0487. The van der Waals surface area contributed by atoms with Crippen molar-refractivity contribution in [1.82, 2.24) is 20.3 Å². The van der Waals surface area contributed by atoms with E-state index in [-0.39, 0.29) is 34.5 Å². The van der Waals surface area contributed by atoms with Crippen molar-refractivity contribution in [2.24, 2.45) is 5.10 Å². The van der Waals surface area contributed by atoms with Crippen molar-refractivity contribution in [1.29, 1.82) is 0 Å². The molecule has 0 spiro atoms. The van der Waals surface area contributed by atoms with Gasteiger partial charge in [0.15, 0.2) is 23.1 Å². The number of benzene rings is 2. The van der Waals surface area contributed by atoms with Crippen LogP contribution in [0.25, 0.3) is 11.3 Å². The first-order chi connectivity index (χ1) is 14.1. The number of hydrogen-bond donors (Lipinski definition) is 3. The zero-order chi connectivity index (χ0) is 20.2. The van der Waals surface area contributed by atoms with E-state index in [1.54, 1.807) is 30.3 Å². The van der Waals surface area contributed by atoms with E-state index in [9.17, 15) is 9.50 Å². The van der Waals surface area contributed by atoms with Crippen LogP contribution in [0.3, 0.4) is 0 Å². The van der Waals surface area contributed by atoms with Crippen molar-refractivity contribution in [3.8, 4) is 11.5 Å². The van der Waals surface area contributed by atoms with Crippen LogP contribution >= 0.6 is 0 Å². The summed E-state index contributed by atoms with van der Waals surface area (Å²) < 4.78 is 22.8. The number of nitrogens with zero attached hydrogens (tertiary/aromatic N) is 5. The first-order valence-corrected chi connectivity index (χ1v) is 8.32. The number of methoxy groups -OCH3 is 1. The molecule has 0 atom stereocenters. The van der Waals surface area contributed by atoms with Gasteiger partial charge in [-0.2, -0.15) is 10.1 Å². The van der Waals surface area contributed by atoms with E-state index in [0.717, 1.165) is 0 Å². The lowest BCUT2D eigenvalue weighted by Crippen LogP contribution is -2.03. The number of aromatic hydroxyl groups is 1. The van der Waals surface area contributed by atoms with Crippen LogP contribution in [0.2, 0.25) is 0 Å². The van der Waals surface area contributed by atoms with Crippen LogP contribution in [-0.4, -0.2) is 38.7 Å². The molecule has 2 aromatic heterocycles. The Morgan fingerprint density at radius 3 is 2.52 bits per heavy atom. The number of anilines is 3. The number of fused-ring (bicyclic) bond motifs is 1. The van der Waals surface area contributed by atoms with Gasteiger partial charge in [-0.25, -0.2) is 14.0 Å². The van der Waals surface area contributed by atoms with Crippen LogP contribution in [-0.2, 0) is 0 Å². The highest BCUT2D eigenvalue weighted by atomic mass is 19.1. The average molecular weight is 395 g/mol. The van der Waals surface area contributed by atoms with Crippen LogP contribution in [0.1, 0.15) is 5.56 Å². The van der Waals surface area contributed by atoms with Gasteiger partial charge < -0.3 is 15.2 Å². The Labute approximate surface area is 163 Å². The molecule has 0 aliphatic carbocycles. The molecule has 0 amide bonds. The number of phenols is 1. The average Bonchev–Trinajstić information content (AvgIpc) is 3.18. The zero-order valence-electron chi connectivity index (χ0n) is 15.0. The van der Waals surface area contributed by atoms with E-state index < -0.39 is 0 Å². The molecule has 2 heterocycles. The Morgan fingerprint density at radius 2 is 1.79 bits per heavy atom. The van der Waals surface area contributed by atoms with Gasteiger partial charge in [-0.15, -0.1) is 0 Å². The summed E-state index contributed by atoms with van der Waals surface area (Å²) >= 11 is 0. The molecule has 0 saturated carbocycles. The molecule has 2 aromatic carbocycles. The minimum Gasteiger partial charge on any atom is -0.504 e. The Bertz CT molecular complexity index is 1180. The van der Waals surface area contributed by atoms with E-state index in [1.165, 1.54) is 25.5 Å². The summed E-state index contributed by atoms with van der Waals surface area (Å²) in [5.74, 6) is 0.400. The second-order valence-electron chi connectivity index (χ2n) is 5.73. The molecule has 11 heteroatoms. The zero-order valence-corrected chi connectivity index (χ0v) is 15.0. The lowest BCUT2D eigenvalue weighted by molar-refractivity contribution is 0.314. The molecular formula is C18H14FN7O3. The van der Waals surface area contributed by atoms with Crippen molar-refractivity contribution in [2.75, 3.05) is 17.9 Å². The highest BCUT2D eigenvalue weighted by Crippen LogP contribution is 2.28. The lowest BCUT2D eigenvalue weighted by atomic mass is 10.2. The maximum atomic E-state index is 13.1. The molecule has 10 nitrogen and oxygen atoms in total. The molecule has 0 saturated heterocycles. The number of para-hydroxylation sites is 1. The monoisotopic (exact) mass is 395 g/mol. The van der Waals surface area contributed by atoms with E-state index >= 15 is 0 Å². The molecule has 4 aromatic rings. The molecule has 0 unspecified atom stereocenters. The van der Waals surface area contributed by atoms with Gasteiger partial charge in [-0.05, 0) is 46.7 Å². The van der Waals surface area contributed by atoms with Crippen LogP contribution in [0.4, 0.5) is 21.7 Å². The number of phenolic OH excluding ortho intramolecular Hbond substituents is 1. The maximum absolute atomic E-state index is 13.1. The number of halogens is 1. The summed E-state index contributed by atoms with van der Waals surface area (Å²) in [6.45, 7) is 0. The first kappa shape index (κ1) is 18.1. The van der Waals surface area contributed by atoms with Crippen molar-refractivity contribution in [3.63, 3.8) is 0 Å². The summed E-state index contributed by atoms with van der Waals surface area (Å²) in [5, 5.41) is 24.5. The molecule has 4 rings (SSSR count). The third kappa shape index (κ3) is 3.88. The highest BCUT2D eigenvalue weighted by Gasteiger charge is 2.13. The second-order valence-corrected chi connectivity index (χ2v) is 5.73. The van der Waals surface area contributed by atoms with Gasteiger partial charge in [0.25, 0.3) is 0 Å². The van der Waals surface area contributed by atoms with Gasteiger partial charge >= 0.3 is 0 Å². The number of rotatable bonds is 6. The molecule has 146 valence electrons. The van der Waals surface area contributed by atoms with E-state index in [4.69, 9.17) is 4.74 Å². The first-order valence-electron chi connectivity index (χ1n) is 8.32. The van der Waals surface area contributed by atoms with Gasteiger partial charge in [-0.3, -0.25) is 5.43 Å². The highest BCUT2D eigenvalue weighted by molar-refractivity contribution is 5.85. The van der Waals surface area contributed by atoms with Gasteiger partial charge in [0.1, 0.15) is 5.82 Å². The summed E-state index contributed by atoms with van der Waals surface area (Å²) in [6, 6.07) is 10.7. The Kier molecular flexibility index (Phi) is 4.84. The number of nitrogens with one attached hydrogen (secondary N) is 2. The molecule has 29 heavy (non-hydrogen) atoms. The van der Waals surface area contributed by atoms with Crippen LogP contribution in [0.15, 0.2) is 52.2 Å². The Hall–Kier alpha value is -4.28. The van der Waals surface area contributed by atoms with Crippen LogP contribution in [0.5, 0.6) is 11.5 Å². The SMILES string of the molecule is COc1cccc(/C=N/Nc2nc3nonc3nc2Nc2ccc(F)cc2)c1O. The normalized spacial score (nSPS) is 11.1. The van der Waals surface area contributed by atoms with E-state index in [0.29, 0.717) is 17.0 Å². The third-order valence-electron chi connectivity index (χ3n) is 3.85. The fraction of sp³-hybridized carbons (Fsp3) is 0.0556. The van der Waals surface area contributed by atoms with Crippen LogP contribution < -0.4 is 15.5 Å². The molecular weight excluding hydrogens is 381 g/mol. The van der Waals surface area contributed by atoms with Gasteiger partial charge in [0, 0.05) is 11.3 Å². The smallest absolute Gasteiger partial charge is 0.245 e. The standard InChI is InChI=1S/C18H14FN7O3/c1-28-13-4-2-3-10(14(13)27)9-20-24-16-15(21-12-7-5-11(19)6-8-12)22-17-18(23-16)26-29-25-17/h2-9,27H,1H3,(H,21,22,25)(H,23,24,26)/b20-9+. The van der Waals surface area contributed by atoms with E-state index in [2.05, 4.69) is 40.8 Å². The summed E-state index contributed by atoms with van der Waals surface area (Å²) in [5.41, 5.74) is 4.11. The van der Waals surface area contributed by atoms with Gasteiger partial charge in [-0.1, -0.05) is 6.07 Å². The van der Waals surface area contributed by atoms with Crippen molar-refractivity contribution in [2.45, 2.75) is 0 Å². The quantitative estimate of drug-likeness (QED) is 0.333. The van der Waals surface area contributed by atoms with Gasteiger partial charge in [0.2, 0.25) is 11.3 Å². The number of aromatic nitrogens is 4. The third-order valence-corrected chi connectivity index (χ3v) is 3.85. The number of ether oxygens (including phenoxy) is 1. The van der Waals surface area contributed by atoms with Crippen molar-refractivity contribution >= 4 is 34.8 Å². The Balaban J connectivity index is 1.62. The second kappa shape index (κ2) is 7.76. The number of hydrogen-bond acceptors (Lipinski definition) is 10. The molecule has 0 aliphatic rings. The molecule has 0 fully saturated rings. The van der Waals surface area contributed by atoms with Gasteiger partial charge in [0.05, 0.1) is 13.3 Å². The predicted octanol–water partition coefficient (Wildman–Crippen LogP) is 3.06. The number of hydrazone groups is 1.